The highest BCUT2D eigenvalue weighted by Crippen LogP contribution is 2.29. The highest BCUT2D eigenvalue weighted by atomic mass is 16.2. The maximum Gasteiger partial charge on any atom is 0.244 e. The van der Waals surface area contributed by atoms with E-state index in [1.165, 1.54) is 0 Å². The number of amides is 2. The average Bonchev–Trinajstić information content (AvgIpc) is 2.90. The van der Waals surface area contributed by atoms with Crippen LogP contribution in [0.3, 0.4) is 0 Å². The van der Waals surface area contributed by atoms with E-state index in [0.29, 0.717) is 5.69 Å². The summed E-state index contributed by atoms with van der Waals surface area (Å²) >= 11 is 0. The molecule has 94 valence electrons. The van der Waals surface area contributed by atoms with Gasteiger partial charge in [-0.3, -0.25) is 14.5 Å². The van der Waals surface area contributed by atoms with Crippen molar-refractivity contribution in [2.45, 2.75) is 18.9 Å². The first kappa shape index (κ1) is 11.2. The maximum atomic E-state index is 12.4. The molecule has 2 amide bonds. The van der Waals surface area contributed by atoms with E-state index >= 15 is 0 Å². The minimum atomic E-state index is -0.149. The van der Waals surface area contributed by atoms with Crippen LogP contribution < -0.4 is 15.5 Å². The Morgan fingerprint density at radius 2 is 2.17 bits per heavy atom. The zero-order valence-electron chi connectivity index (χ0n) is 9.98. The van der Waals surface area contributed by atoms with E-state index in [1.54, 1.807) is 4.90 Å². The average molecular weight is 245 g/mol. The monoisotopic (exact) mass is 245 g/mol. The highest BCUT2D eigenvalue weighted by Gasteiger charge is 2.32. The van der Waals surface area contributed by atoms with Crippen molar-refractivity contribution < 1.29 is 9.59 Å². The number of rotatable bonds is 1. The quantitative estimate of drug-likeness (QED) is 0.766. The molecular weight excluding hydrogens is 230 g/mol. The molecule has 1 aromatic rings. The third kappa shape index (κ3) is 1.86. The van der Waals surface area contributed by atoms with Gasteiger partial charge >= 0.3 is 0 Å². The Bertz CT molecular complexity index is 495. The van der Waals surface area contributed by atoms with Gasteiger partial charge in [0.2, 0.25) is 11.8 Å². The van der Waals surface area contributed by atoms with E-state index in [9.17, 15) is 9.59 Å². The van der Waals surface area contributed by atoms with Gasteiger partial charge in [-0.2, -0.15) is 0 Å². The molecule has 0 spiro atoms. The number of hydrogen-bond donors (Lipinski definition) is 2. The molecule has 2 aliphatic rings. The number of para-hydroxylation sites is 2. The standard InChI is InChI=1S/C13H15N3O2/c17-12-8-16(13(18)10-5-3-7-14-10)11-6-2-1-4-9(11)15-12/h1-2,4,6,10,14H,3,5,7-8H2,(H,15,17). The third-order valence-corrected chi connectivity index (χ3v) is 3.40. The van der Waals surface area contributed by atoms with E-state index in [0.717, 1.165) is 25.1 Å². The molecule has 0 aromatic heterocycles. The lowest BCUT2D eigenvalue weighted by atomic mass is 10.1. The Labute approximate surface area is 105 Å². The second-order valence-electron chi connectivity index (χ2n) is 4.64. The van der Waals surface area contributed by atoms with Crippen LogP contribution in [0.5, 0.6) is 0 Å². The topological polar surface area (TPSA) is 61.4 Å². The fraction of sp³-hybridized carbons (Fsp3) is 0.385. The number of fused-ring (bicyclic) bond motifs is 1. The van der Waals surface area contributed by atoms with Crippen LogP contribution in [-0.4, -0.2) is 30.9 Å². The van der Waals surface area contributed by atoms with E-state index in [4.69, 9.17) is 0 Å². The normalized spacial score (nSPS) is 22.6. The van der Waals surface area contributed by atoms with Gasteiger partial charge in [0.15, 0.2) is 0 Å². The van der Waals surface area contributed by atoms with Crippen molar-refractivity contribution in [2.75, 3.05) is 23.3 Å². The highest BCUT2D eigenvalue weighted by molar-refractivity contribution is 6.11. The van der Waals surface area contributed by atoms with Gasteiger partial charge in [-0.15, -0.1) is 0 Å². The first-order valence-corrected chi connectivity index (χ1v) is 6.19. The molecule has 3 rings (SSSR count). The molecule has 1 aromatic carbocycles. The molecule has 5 nitrogen and oxygen atoms in total. The lowest BCUT2D eigenvalue weighted by Gasteiger charge is -2.30. The summed E-state index contributed by atoms with van der Waals surface area (Å²) < 4.78 is 0. The van der Waals surface area contributed by atoms with Gasteiger partial charge in [0, 0.05) is 0 Å². The summed E-state index contributed by atoms with van der Waals surface area (Å²) in [6.45, 7) is 0.978. The zero-order valence-corrected chi connectivity index (χ0v) is 9.98. The zero-order chi connectivity index (χ0) is 12.5. The molecule has 0 saturated carbocycles. The molecule has 2 N–H and O–H groups in total. The SMILES string of the molecule is O=C1CN(C(=O)C2CCCN2)c2ccccc2N1. The summed E-state index contributed by atoms with van der Waals surface area (Å²) in [4.78, 5) is 25.6. The lowest BCUT2D eigenvalue weighted by molar-refractivity contribution is -0.123. The van der Waals surface area contributed by atoms with Gasteiger partial charge in [-0.25, -0.2) is 0 Å². The summed E-state index contributed by atoms with van der Waals surface area (Å²) in [6.07, 6.45) is 1.86. The van der Waals surface area contributed by atoms with Crippen LogP contribution >= 0.6 is 0 Å². The van der Waals surface area contributed by atoms with Crippen LogP contribution in [0.4, 0.5) is 11.4 Å². The number of nitrogens with zero attached hydrogens (tertiary/aromatic N) is 1. The Morgan fingerprint density at radius 1 is 1.33 bits per heavy atom. The number of carbonyl (C=O) groups is 2. The van der Waals surface area contributed by atoms with Crippen LogP contribution in [0.2, 0.25) is 0 Å². The van der Waals surface area contributed by atoms with Crippen molar-refractivity contribution >= 4 is 23.2 Å². The molecule has 1 saturated heterocycles. The van der Waals surface area contributed by atoms with Crippen molar-refractivity contribution in [2.24, 2.45) is 0 Å². The molecule has 5 heteroatoms. The fourth-order valence-electron chi connectivity index (χ4n) is 2.51. The molecule has 0 radical (unpaired) electrons. The molecule has 18 heavy (non-hydrogen) atoms. The fourth-order valence-corrected chi connectivity index (χ4v) is 2.51. The first-order valence-electron chi connectivity index (χ1n) is 6.19. The minimum Gasteiger partial charge on any atom is -0.323 e. The number of anilines is 2. The molecular formula is C13H15N3O2. The van der Waals surface area contributed by atoms with Crippen molar-refractivity contribution in [3.63, 3.8) is 0 Å². The van der Waals surface area contributed by atoms with Gasteiger partial charge in [-0.05, 0) is 31.5 Å². The summed E-state index contributed by atoms with van der Waals surface area (Å²) in [7, 11) is 0. The number of carbonyl (C=O) groups excluding carboxylic acids is 2. The van der Waals surface area contributed by atoms with Crippen LogP contribution in [-0.2, 0) is 9.59 Å². The predicted molar refractivity (Wildman–Crippen MR) is 68.4 cm³/mol. The summed E-state index contributed by atoms with van der Waals surface area (Å²) in [5.41, 5.74) is 1.50. The molecule has 0 aliphatic carbocycles. The Balaban J connectivity index is 1.92. The van der Waals surface area contributed by atoms with E-state index in [1.807, 2.05) is 24.3 Å². The van der Waals surface area contributed by atoms with Gasteiger partial charge in [0.05, 0.1) is 17.4 Å². The van der Waals surface area contributed by atoms with Gasteiger partial charge < -0.3 is 10.6 Å². The Kier molecular flexibility index (Phi) is 2.76. The van der Waals surface area contributed by atoms with Crippen LogP contribution in [0, 0.1) is 0 Å². The maximum absolute atomic E-state index is 12.4. The van der Waals surface area contributed by atoms with E-state index < -0.39 is 0 Å². The van der Waals surface area contributed by atoms with Crippen molar-refractivity contribution in [3.05, 3.63) is 24.3 Å². The van der Waals surface area contributed by atoms with Gasteiger partial charge in [0.25, 0.3) is 0 Å². The number of nitrogens with one attached hydrogen (secondary N) is 2. The van der Waals surface area contributed by atoms with Crippen LogP contribution in [0.1, 0.15) is 12.8 Å². The van der Waals surface area contributed by atoms with Crippen molar-refractivity contribution in [1.29, 1.82) is 0 Å². The van der Waals surface area contributed by atoms with E-state index in [2.05, 4.69) is 10.6 Å². The molecule has 1 fully saturated rings. The number of benzene rings is 1. The Hall–Kier alpha value is -1.88. The second-order valence-corrected chi connectivity index (χ2v) is 4.64. The molecule has 1 atom stereocenters. The van der Waals surface area contributed by atoms with Crippen LogP contribution in [0.25, 0.3) is 0 Å². The Morgan fingerprint density at radius 3 is 2.94 bits per heavy atom. The molecule has 2 heterocycles. The smallest absolute Gasteiger partial charge is 0.244 e. The first-order chi connectivity index (χ1) is 8.75. The molecule has 2 aliphatic heterocycles. The largest absolute Gasteiger partial charge is 0.323 e. The van der Waals surface area contributed by atoms with Crippen molar-refractivity contribution in [3.8, 4) is 0 Å². The summed E-state index contributed by atoms with van der Waals surface area (Å²) in [5, 5.41) is 5.96. The third-order valence-electron chi connectivity index (χ3n) is 3.40. The van der Waals surface area contributed by atoms with Crippen molar-refractivity contribution in [1.82, 2.24) is 5.32 Å². The van der Waals surface area contributed by atoms with Gasteiger partial charge in [0.1, 0.15) is 6.54 Å². The predicted octanol–water partition coefficient (Wildman–Crippen LogP) is 0.724. The summed E-state index contributed by atoms with van der Waals surface area (Å²) in [6, 6.07) is 7.25. The molecule has 0 bridgehead atoms. The van der Waals surface area contributed by atoms with Crippen LogP contribution in [0.15, 0.2) is 24.3 Å². The minimum absolute atomic E-state index is 0.00481. The summed E-state index contributed by atoms with van der Waals surface area (Å²) in [5.74, 6) is -0.144. The molecule has 1 unspecified atom stereocenters. The lowest BCUT2D eigenvalue weighted by Crippen LogP contribution is -2.49. The number of hydrogen-bond acceptors (Lipinski definition) is 3. The van der Waals surface area contributed by atoms with E-state index in [-0.39, 0.29) is 24.4 Å². The van der Waals surface area contributed by atoms with Gasteiger partial charge in [-0.1, -0.05) is 12.1 Å². The second kappa shape index (κ2) is 4.42.